The zero-order chi connectivity index (χ0) is 19.3. The molecule has 1 aliphatic rings. The normalized spacial score (nSPS) is 12.2. The van der Waals surface area contributed by atoms with Crippen LogP contribution in [0.25, 0.3) is 0 Å². The first-order chi connectivity index (χ1) is 13.7. The van der Waals surface area contributed by atoms with E-state index in [0.29, 0.717) is 19.6 Å². The first kappa shape index (κ1) is 18.6. The van der Waals surface area contributed by atoms with Crippen LogP contribution in [0.4, 0.5) is 17.1 Å². The van der Waals surface area contributed by atoms with Crippen LogP contribution in [0.5, 0.6) is 0 Å². The standard InChI is InChI=1S/C23H22N2O2S/c1-27-16-17-7-6-8-18(15-17)24-23(26)13-14-25-19-9-2-4-11-21(19)28-22-12-5-3-10-20(22)25/h2-12,15H,13-14,16H2,1H3,(H,24,26). The van der Waals surface area contributed by atoms with Crippen LogP contribution in [0, 0.1) is 0 Å². The second-order valence-electron chi connectivity index (χ2n) is 6.62. The highest BCUT2D eigenvalue weighted by molar-refractivity contribution is 7.99. The Morgan fingerprint density at radius 3 is 2.32 bits per heavy atom. The fourth-order valence-corrected chi connectivity index (χ4v) is 4.46. The van der Waals surface area contributed by atoms with Gasteiger partial charge in [-0.05, 0) is 42.0 Å². The minimum absolute atomic E-state index is 0.00255. The van der Waals surface area contributed by atoms with Gasteiger partial charge in [-0.15, -0.1) is 0 Å². The maximum absolute atomic E-state index is 12.6. The number of hydrogen-bond acceptors (Lipinski definition) is 4. The van der Waals surface area contributed by atoms with Crippen molar-refractivity contribution in [3.8, 4) is 0 Å². The number of methoxy groups -OCH3 is 1. The number of para-hydroxylation sites is 2. The highest BCUT2D eigenvalue weighted by atomic mass is 32.2. The van der Waals surface area contributed by atoms with E-state index in [1.807, 2.05) is 36.4 Å². The van der Waals surface area contributed by atoms with E-state index in [1.165, 1.54) is 9.79 Å². The second-order valence-corrected chi connectivity index (χ2v) is 7.70. The number of hydrogen-bond donors (Lipinski definition) is 1. The molecule has 5 heteroatoms. The lowest BCUT2D eigenvalue weighted by atomic mass is 10.2. The summed E-state index contributed by atoms with van der Waals surface area (Å²) in [5.74, 6) is 0.00255. The number of amides is 1. The number of fused-ring (bicyclic) bond motifs is 2. The molecule has 0 aromatic heterocycles. The Labute approximate surface area is 169 Å². The van der Waals surface area contributed by atoms with Gasteiger partial charge in [-0.25, -0.2) is 0 Å². The molecule has 0 atom stereocenters. The zero-order valence-corrected chi connectivity index (χ0v) is 16.5. The Balaban J connectivity index is 1.48. The molecule has 1 N–H and O–H groups in total. The summed E-state index contributed by atoms with van der Waals surface area (Å²) >= 11 is 1.78. The number of benzene rings is 3. The quantitative estimate of drug-likeness (QED) is 0.606. The van der Waals surface area contributed by atoms with Crippen molar-refractivity contribution in [3.05, 3.63) is 78.4 Å². The predicted octanol–water partition coefficient (Wildman–Crippen LogP) is 5.46. The fourth-order valence-electron chi connectivity index (χ4n) is 3.36. The largest absolute Gasteiger partial charge is 0.380 e. The van der Waals surface area contributed by atoms with Gasteiger partial charge in [-0.3, -0.25) is 4.79 Å². The first-order valence-electron chi connectivity index (χ1n) is 9.26. The summed E-state index contributed by atoms with van der Waals surface area (Å²) in [5.41, 5.74) is 4.15. The molecule has 4 nitrogen and oxygen atoms in total. The van der Waals surface area contributed by atoms with E-state index in [4.69, 9.17) is 4.74 Å². The number of nitrogens with zero attached hydrogens (tertiary/aromatic N) is 1. The van der Waals surface area contributed by atoms with E-state index in [1.54, 1.807) is 18.9 Å². The second kappa shape index (κ2) is 8.50. The SMILES string of the molecule is COCc1cccc(NC(=O)CCN2c3ccccc3Sc3ccccc32)c1. The molecule has 28 heavy (non-hydrogen) atoms. The summed E-state index contributed by atoms with van der Waals surface area (Å²) in [6.07, 6.45) is 0.405. The van der Waals surface area contributed by atoms with Crippen LogP contribution in [-0.4, -0.2) is 19.6 Å². The van der Waals surface area contributed by atoms with Gasteiger partial charge >= 0.3 is 0 Å². The molecule has 0 bridgehead atoms. The van der Waals surface area contributed by atoms with Crippen LogP contribution in [-0.2, 0) is 16.1 Å². The number of anilines is 3. The molecule has 0 spiro atoms. The van der Waals surface area contributed by atoms with Crippen LogP contribution in [0.1, 0.15) is 12.0 Å². The lowest BCUT2D eigenvalue weighted by Crippen LogP contribution is -2.25. The molecule has 0 saturated carbocycles. The molecule has 142 valence electrons. The highest BCUT2D eigenvalue weighted by Gasteiger charge is 2.23. The molecule has 0 aliphatic carbocycles. The summed E-state index contributed by atoms with van der Waals surface area (Å²) < 4.78 is 5.16. The van der Waals surface area contributed by atoms with Gasteiger partial charge in [0.2, 0.25) is 5.91 Å². The minimum atomic E-state index is 0.00255. The Morgan fingerprint density at radius 2 is 1.64 bits per heavy atom. The fraction of sp³-hybridized carbons (Fsp3) is 0.174. The molecule has 0 unspecified atom stereocenters. The van der Waals surface area contributed by atoms with Gasteiger partial charge in [0, 0.05) is 35.6 Å². The summed E-state index contributed by atoms with van der Waals surface area (Å²) in [4.78, 5) is 17.2. The Hall–Kier alpha value is -2.76. The van der Waals surface area contributed by atoms with Gasteiger partial charge < -0.3 is 15.0 Å². The van der Waals surface area contributed by atoms with E-state index in [2.05, 4.69) is 46.6 Å². The van der Waals surface area contributed by atoms with Gasteiger partial charge in [-0.2, -0.15) is 0 Å². The average molecular weight is 391 g/mol. The third-order valence-corrected chi connectivity index (χ3v) is 5.75. The monoisotopic (exact) mass is 390 g/mol. The molecular formula is C23H22N2O2S. The van der Waals surface area contributed by atoms with Crippen molar-refractivity contribution in [1.82, 2.24) is 0 Å². The van der Waals surface area contributed by atoms with Gasteiger partial charge in [0.25, 0.3) is 0 Å². The summed E-state index contributed by atoms with van der Waals surface area (Å²) in [7, 11) is 1.66. The smallest absolute Gasteiger partial charge is 0.226 e. The van der Waals surface area contributed by atoms with Crippen molar-refractivity contribution < 1.29 is 9.53 Å². The number of carbonyl (C=O) groups excluding carboxylic acids is 1. The lowest BCUT2D eigenvalue weighted by molar-refractivity contribution is -0.116. The Bertz CT molecular complexity index is 944. The number of rotatable bonds is 6. The first-order valence-corrected chi connectivity index (χ1v) is 10.1. The Kier molecular flexibility index (Phi) is 5.65. The minimum Gasteiger partial charge on any atom is -0.380 e. The molecule has 0 saturated heterocycles. The topological polar surface area (TPSA) is 41.6 Å². The van der Waals surface area contributed by atoms with E-state index in [-0.39, 0.29) is 5.91 Å². The van der Waals surface area contributed by atoms with Crippen LogP contribution < -0.4 is 10.2 Å². The predicted molar refractivity (Wildman–Crippen MR) is 114 cm³/mol. The molecule has 1 aliphatic heterocycles. The van der Waals surface area contributed by atoms with E-state index >= 15 is 0 Å². The molecule has 4 rings (SSSR count). The summed E-state index contributed by atoms with van der Waals surface area (Å²) in [6.45, 7) is 1.15. The molecule has 0 fully saturated rings. The number of nitrogens with one attached hydrogen (secondary N) is 1. The van der Waals surface area contributed by atoms with E-state index < -0.39 is 0 Å². The maximum atomic E-state index is 12.6. The zero-order valence-electron chi connectivity index (χ0n) is 15.7. The van der Waals surface area contributed by atoms with Crippen LogP contribution in [0.3, 0.4) is 0 Å². The molecule has 0 radical (unpaired) electrons. The summed E-state index contributed by atoms with van der Waals surface area (Å²) in [6, 6.07) is 24.4. The molecular weight excluding hydrogens is 368 g/mol. The molecule has 1 heterocycles. The van der Waals surface area contributed by atoms with E-state index in [9.17, 15) is 4.79 Å². The van der Waals surface area contributed by atoms with Crippen molar-refractivity contribution in [2.24, 2.45) is 0 Å². The third kappa shape index (κ3) is 4.06. The van der Waals surface area contributed by atoms with Crippen molar-refractivity contribution in [2.45, 2.75) is 22.8 Å². The van der Waals surface area contributed by atoms with Crippen molar-refractivity contribution in [3.63, 3.8) is 0 Å². The number of ether oxygens (including phenoxy) is 1. The molecule has 1 amide bonds. The lowest BCUT2D eigenvalue weighted by Gasteiger charge is -2.32. The van der Waals surface area contributed by atoms with Gasteiger partial charge in [-0.1, -0.05) is 48.2 Å². The van der Waals surface area contributed by atoms with Gasteiger partial charge in [0.05, 0.1) is 18.0 Å². The maximum Gasteiger partial charge on any atom is 0.226 e. The molecule has 3 aromatic rings. The Morgan fingerprint density at radius 1 is 0.964 bits per heavy atom. The third-order valence-electron chi connectivity index (χ3n) is 4.62. The average Bonchev–Trinajstić information content (AvgIpc) is 2.71. The van der Waals surface area contributed by atoms with E-state index in [0.717, 1.165) is 22.6 Å². The summed E-state index contributed by atoms with van der Waals surface area (Å²) in [5, 5.41) is 3.00. The number of carbonyl (C=O) groups is 1. The van der Waals surface area contributed by atoms with Crippen molar-refractivity contribution >= 4 is 34.7 Å². The highest BCUT2D eigenvalue weighted by Crippen LogP contribution is 2.47. The van der Waals surface area contributed by atoms with Crippen LogP contribution in [0.2, 0.25) is 0 Å². The van der Waals surface area contributed by atoms with Gasteiger partial charge in [0.15, 0.2) is 0 Å². The van der Waals surface area contributed by atoms with Gasteiger partial charge in [0.1, 0.15) is 0 Å². The van der Waals surface area contributed by atoms with Crippen molar-refractivity contribution in [1.29, 1.82) is 0 Å². The van der Waals surface area contributed by atoms with Crippen LogP contribution >= 0.6 is 11.8 Å². The van der Waals surface area contributed by atoms with Crippen molar-refractivity contribution in [2.75, 3.05) is 23.9 Å². The van der Waals surface area contributed by atoms with Crippen LogP contribution in [0.15, 0.2) is 82.6 Å². The molecule has 3 aromatic carbocycles.